The average molecular weight is 397 g/mol. The van der Waals surface area contributed by atoms with Crippen molar-refractivity contribution < 1.29 is 26.5 Å². The van der Waals surface area contributed by atoms with Crippen molar-refractivity contribution in [3.05, 3.63) is 70.4 Å². The van der Waals surface area contributed by atoms with Gasteiger partial charge in [-0.25, -0.2) is 8.42 Å². The molecule has 0 atom stereocenters. The Morgan fingerprint density at radius 1 is 1.07 bits per heavy atom. The molecule has 0 unspecified atom stereocenters. The predicted molar refractivity (Wildman–Crippen MR) is 90.6 cm³/mol. The second-order valence-electron chi connectivity index (χ2n) is 5.42. The molecule has 2 aromatic carbocycles. The molecule has 0 amide bonds. The second-order valence-corrected chi connectivity index (χ2v) is 7.10. The Morgan fingerprint density at radius 2 is 1.78 bits per heavy atom. The van der Waals surface area contributed by atoms with E-state index in [0.29, 0.717) is 0 Å². The Kier molecular flexibility index (Phi) is 4.47. The van der Waals surface area contributed by atoms with E-state index < -0.39 is 37.3 Å². The molecule has 7 nitrogen and oxygen atoms in total. The Bertz CT molecular complexity index is 1150. The van der Waals surface area contributed by atoms with Gasteiger partial charge in [0, 0.05) is 23.7 Å². The van der Waals surface area contributed by atoms with Crippen LogP contribution in [0.4, 0.5) is 24.5 Å². The summed E-state index contributed by atoms with van der Waals surface area (Å²) in [5, 5.41) is 10.5. The van der Waals surface area contributed by atoms with Gasteiger partial charge in [-0.15, -0.1) is 0 Å². The largest absolute Gasteiger partial charge is 0.417 e. The van der Waals surface area contributed by atoms with Crippen molar-refractivity contribution in [2.75, 3.05) is 4.72 Å². The molecule has 3 rings (SSSR count). The third-order valence-electron chi connectivity index (χ3n) is 3.66. The quantitative estimate of drug-likeness (QED) is 0.530. The van der Waals surface area contributed by atoms with Gasteiger partial charge in [-0.05, 0) is 18.2 Å². The van der Waals surface area contributed by atoms with Crippen molar-refractivity contribution in [1.29, 1.82) is 0 Å². The Hall–Kier alpha value is -3.21. The van der Waals surface area contributed by atoms with E-state index in [1.807, 2.05) is 0 Å². The van der Waals surface area contributed by atoms with E-state index in [0.717, 1.165) is 30.5 Å². The lowest BCUT2D eigenvalue weighted by Gasteiger charge is -2.13. The number of hydrogen-bond donors (Lipinski definition) is 1. The van der Waals surface area contributed by atoms with Crippen LogP contribution in [-0.2, 0) is 16.2 Å². The summed E-state index contributed by atoms with van der Waals surface area (Å²) in [7, 11) is -4.28. The van der Waals surface area contributed by atoms with Crippen LogP contribution in [0.1, 0.15) is 5.56 Å². The molecule has 140 valence electrons. The molecule has 0 aliphatic heterocycles. The first-order valence-electron chi connectivity index (χ1n) is 7.32. The maximum absolute atomic E-state index is 13.1. The van der Waals surface area contributed by atoms with Crippen molar-refractivity contribution in [1.82, 2.24) is 4.98 Å². The first-order chi connectivity index (χ1) is 12.6. The highest BCUT2D eigenvalue weighted by atomic mass is 32.2. The van der Waals surface area contributed by atoms with Crippen LogP contribution in [0.2, 0.25) is 0 Å². The van der Waals surface area contributed by atoms with E-state index in [1.165, 1.54) is 24.3 Å². The Morgan fingerprint density at radius 3 is 2.44 bits per heavy atom. The number of benzene rings is 2. The number of pyridine rings is 1. The van der Waals surface area contributed by atoms with Gasteiger partial charge in [0.1, 0.15) is 0 Å². The molecule has 0 radical (unpaired) electrons. The van der Waals surface area contributed by atoms with Gasteiger partial charge in [0.25, 0.3) is 15.7 Å². The van der Waals surface area contributed by atoms with E-state index in [2.05, 4.69) is 9.71 Å². The maximum atomic E-state index is 13.1. The molecule has 1 aromatic heterocycles. The SMILES string of the molecule is O=[N+]([O-])c1cccc(S(=O)(=O)Nc2cccc3c(C(F)(F)F)ccnc23)c1. The molecule has 0 fully saturated rings. The Labute approximate surface area is 150 Å². The van der Waals surface area contributed by atoms with Crippen LogP contribution in [-0.4, -0.2) is 18.3 Å². The summed E-state index contributed by atoms with van der Waals surface area (Å²) >= 11 is 0. The molecule has 11 heteroatoms. The number of non-ortho nitro benzene ring substituents is 1. The topological polar surface area (TPSA) is 102 Å². The van der Waals surface area contributed by atoms with Crippen molar-refractivity contribution in [2.45, 2.75) is 11.1 Å². The van der Waals surface area contributed by atoms with Crippen molar-refractivity contribution in [3.8, 4) is 0 Å². The van der Waals surface area contributed by atoms with Crippen LogP contribution < -0.4 is 4.72 Å². The number of para-hydroxylation sites is 1. The monoisotopic (exact) mass is 397 g/mol. The number of alkyl halides is 3. The van der Waals surface area contributed by atoms with Crippen LogP contribution in [0.5, 0.6) is 0 Å². The fourth-order valence-corrected chi connectivity index (χ4v) is 3.58. The van der Waals surface area contributed by atoms with E-state index in [1.54, 1.807) is 0 Å². The number of hydrogen-bond acceptors (Lipinski definition) is 5. The highest BCUT2D eigenvalue weighted by molar-refractivity contribution is 7.92. The molecule has 0 saturated carbocycles. The third kappa shape index (κ3) is 3.67. The molecule has 0 spiro atoms. The summed E-state index contributed by atoms with van der Waals surface area (Å²) in [6.45, 7) is 0. The second kappa shape index (κ2) is 6.50. The standard InChI is InChI=1S/C16H10F3N3O4S/c17-16(18,19)13-7-8-20-15-12(13)5-2-6-14(15)21-27(25,26)11-4-1-3-10(9-11)22(23)24/h1-9,21H. The molecule has 0 saturated heterocycles. The normalized spacial score (nSPS) is 12.1. The van der Waals surface area contributed by atoms with Crippen LogP contribution in [0.15, 0.2) is 59.6 Å². The molecule has 1 N–H and O–H groups in total. The molecule has 27 heavy (non-hydrogen) atoms. The van der Waals surface area contributed by atoms with E-state index in [4.69, 9.17) is 0 Å². The van der Waals surface area contributed by atoms with Crippen LogP contribution in [0.3, 0.4) is 0 Å². The highest BCUT2D eigenvalue weighted by Gasteiger charge is 2.33. The summed E-state index contributed by atoms with van der Waals surface area (Å²) in [4.78, 5) is 13.5. The number of rotatable bonds is 4. The first-order valence-corrected chi connectivity index (χ1v) is 8.80. The molecule has 0 bridgehead atoms. The fourth-order valence-electron chi connectivity index (χ4n) is 2.47. The lowest BCUT2D eigenvalue weighted by Crippen LogP contribution is -2.14. The number of fused-ring (bicyclic) bond motifs is 1. The van der Waals surface area contributed by atoms with Crippen molar-refractivity contribution >= 4 is 32.3 Å². The van der Waals surface area contributed by atoms with Gasteiger partial charge in [0.05, 0.1) is 26.6 Å². The van der Waals surface area contributed by atoms with E-state index in [-0.39, 0.29) is 16.6 Å². The van der Waals surface area contributed by atoms with Gasteiger partial charge in [-0.1, -0.05) is 18.2 Å². The molecule has 1 heterocycles. The maximum Gasteiger partial charge on any atom is 0.417 e. The number of nitro groups is 1. The number of sulfonamides is 1. The van der Waals surface area contributed by atoms with Crippen molar-refractivity contribution in [3.63, 3.8) is 0 Å². The minimum Gasteiger partial charge on any atom is -0.277 e. The zero-order valence-corrected chi connectivity index (χ0v) is 14.1. The van der Waals surface area contributed by atoms with Crippen LogP contribution in [0.25, 0.3) is 10.9 Å². The van der Waals surface area contributed by atoms with E-state index >= 15 is 0 Å². The van der Waals surface area contributed by atoms with Gasteiger partial charge in [0.2, 0.25) is 0 Å². The average Bonchev–Trinajstić information content (AvgIpc) is 2.60. The van der Waals surface area contributed by atoms with Gasteiger partial charge >= 0.3 is 6.18 Å². The summed E-state index contributed by atoms with van der Waals surface area (Å²) < 4.78 is 66.6. The van der Waals surface area contributed by atoms with Gasteiger partial charge < -0.3 is 0 Å². The van der Waals surface area contributed by atoms with Crippen LogP contribution in [0, 0.1) is 10.1 Å². The summed E-state index contributed by atoms with van der Waals surface area (Å²) in [5.74, 6) is 0. The number of halogens is 3. The zero-order chi connectivity index (χ0) is 19.8. The van der Waals surface area contributed by atoms with Gasteiger partial charge in [-0.2, -0.15) is 13.2 Å². The molecule has 0 aliphatic rings. The summed E-state index contributed by atoms with van der Waals surface area (Å²) in [6.07, 6.45) is -3.71. The lowest BCUT2D eigenvalue weighted by molar-refractivity contribution is -0.385. The molecule has 3 aromatic rings. The van der Waals surface area contributed by atoms with Gasteiger partial charge in [-0.3, -0.25) is 19.8 Å². The zero-order valence-electron chi connectivity index (χ0n) is 13.3. The number of nitrogens with zero attached hydrogens (tertiary/aromatic N) is 2. The minimum absolute atomic E-state index is 0.176. The van der Waals surface area contributed by atoms with Crippen LogP contribution >= 0.6 is 0 Å². The number of nitro benzene ring substituents is 1. The number of nitrogens with one attached hydrogen (secondary N) is 1. The number of anilines is 1. The molecule has 0 aliphatic carbocycles. The summed E-state index contributed by atoms with van der Waals surface area (Å²) in [5.41, 5.74) is -1.76. The smallest absolute Gasteiger partial charge is 0.277 e. The highest BCUT2D eigenvalue weighted by Crippen LogP contribution is 2.36. The fraction of sp³-hybridized carbons (Fsp3) is 0.0625. The molecular weight excluding hydrogens is 387 g/mol. The summed E-state index contributed by atoms with van der Waals surface area (Å²) in [6, 6.07) is 8.77. The minimum atomic E-state index is -4.64. The van der Waals surface area contributed by atoms with Crippen molar-refractivity contribution in [2.24, 2.45) is 0 Å². The predicted octanol–water partition coefficient (Wildman–Crippen LogP) is 3.96. The van der Waals surface area contributed by atoms with Gasteiger partial charge in [0.15, 0.2) is 0 Å². The lowest BCUT2D eigenvalue weighted by atomic mass is 10.1. The number of aromatic nitrogens is 1. The Balaban J connectivity index is 2.09. The third-order valence-corrected chi connectivity index (χ3v) is 5.02. The van der Waals surface area contributed by atoms with E-state index in [9.17, 15) is 31.7 Å². The molecular formula is C16H10F3N3O4S. The first kappa shape index (κ1) is 18.6.